The van der Waals surface area contributed by atoms with Crippen LogP contribution in [0.1, 0.15) is 25.6 Å². The van der Waals surface area contributed by atoms with Gasteiger partial charge in [-0.05, 0) is 25.3 Å². The van der Waals surface area contributed by atoms with Gasteiger partial charge in [0.15, 0.2) is 0 Å². The van der Waals surface area contributed by atoms with Crippen LogP contribution >= 0.6 is 11.3 Å². The van der Waals surface area contributed by atoms with Crippen LogP contribution in [0.15, 0.2) is 11.4 Å². The summed E-state index contributed by atoms with van der Waals surface area (Å²) in [5.41, 5.74) is 0.523. The van der Waals surface area contributed by atoms with Gasteiger partial charge in [-0.15, -0.1) is 17.8 Å². The molecule has 1 rings (SSSR count). The first kappa shape index (κ1) is 12.8. The molecule has 0 aliphatic heterocycles. The number of hydrogen-bond donors (Lipinski definition) is 2. The highest BCUT2D eigenvalue weighted by Gasteiger charge is 2.14. The Morgan fingerprint density at radius 2 is 2.31 bits per heavy atom. The van der Waals surface area contributed by atoms with E-state index in [4.69, 9.17) is 6.42 Å². The molecule has 0 saturated heterocycles. The minimum atomic E-state index is -0.336. The van der Waals surface area contributed by atoms with Crippen molar-refractivity contribution in [2.75, 3.05) is 5.32 Å². The van der Waals surface area contributed by atoms with E-state index in [1.54, 1.807) is 11.3 Å². The van der Waals surface area contributed by atoms with Crippen molar-refractivity contribution in [1.29, 1.82) is 0 Å². The van der Waals surface area contributed by atoms with E-state index in [2.05, 4.69) is 16.6 Å². The van der Waals surface area contributed by atoms with Gasteiger partial charge in [-0.25, -0.2) is 0 Å². The first-order valence-corrected chi connectivity index (χ1v) is 5.89. The molecule has 0 atom stereocenters. The summed E-state index contributed by atoms with van der Waals surface area (Å²) < 4.78 is 0. The number of anilines is 1. The number of nitrogens with one attached hydrogen (secondary N) is 2. The molecule has 0 bridgehead atoms. The van der Waals surface area contributed by atoms with E-state index in [0.29, 0.717) is 6.54 Å². The Bertz CT molecular complexity index is 415. The maximum atomic E-state index is 11.0. The lowest BCUT2D eigenvalue weighted by Gasteiger charge is -2.19. The van der Waals surface area contributed by atoms with Gasteiger partial charge in [0.2, 0.25) is 5.91 Å². The molecule has 0 aliphatic rings. The van der Waals surface area contributed by atoms with Crippen molar-refractivity contribution < 1.29 is 4.79 Å². The van der Waals surface area contributed by atoms with E-state index >= 15 is 0 Å². The van der Waals surface area contributed by atoms with Crippen molar-refractivity contribution in [2.24, 2.45) is 0 Å². The summed E-state index contributed by atoms with van der Waals surface area (Å²) in [5.74, 6) is 2.61. The van der Waals surface area contributed by atoms with Crippen molar-refractivity contribution in [1.82, 2.24) is 5.32 Å². The average molecular weight is 236 g/mol. The molecule has 1 aromatic heterocycles. The lowest BCUT2D eigenvalue weighted by molar-refractivity contribution is -0.114. The molecule has 1 amide bonds. The Kier molecular flexibility index (Phi) is 4.11. The highest BCUT2D eigenvalue weighted by molar-refractivity contribution is 7.10. The fourth-order valence-corrected chi connectivity index (χ4v) is 1.90. The van der Waals surface area contributed by atoms with Crippen molar-refractivity contribution in [3.8, 4) is 12.3 Å². The summed E-state index contributed by atoms with van der Waals surface area (Å²) >= 11 is 1.60. The van der Waals surface area contributed by atoms with E-state index in [9.17, 15) is 4.79 Å². The molecular weight excluding hydrogens is 220 g/mol. The third-order valence-electron chi connectivity index (χ3n) is 2.11. The zero-order chi connectivity index (χ0) is 12.2. The molecule has 1 aromatic rings. The smallest absolute Gasteiger partial charge is 0.221 e. The van der Waals surface area contributed by atoms with Gasteiger partial charge >= 0.3 is 0 Å². The average Bonchev–Trinajstić information content (AvgIpc) is 2.62. The van der Waals surface area contributed by atoms with Crippen molar-refractivity contribution >= 4 is 22.9 Å². The van der Waals surface area contributed by atoms with Gasteiger partial charge < -0.3 is 5.32 Å². The van der Waals surface area contributed by atoms with Crippen LogP contribution in [-0.2, 0) is 11.3 Å². The molecule has 86 valence electrons. The lowest BCUT2D eigenvalue weighted by atomic mass is 10.1. The fourth-order valence-electron chi connectivity index (χ4n) is 1.13. The number of terminal acetylenes is 1. The fraction of sp³-hybridized carbons (Fsp3) is 0.417. The third kappa shape index (κ3) is 3.69. The summed E-state index contributed by atoms with van der Waals surface area (Å²) in [5, 5.41) is 7.98. The molecule has 2 N–H and O–H groups in total. The molecule has 0 spiro atoms. The Hall–Kier alpha value is -1.31. The van der Waals surface area contributed by atoms with Crippen molar-refractivity contribution in [3.63, 3.8) is 0 Å². The van der Waals surface area contributed by atoms with Gasteiger partial charge in [0.05, 0.1) is 11.2 Å². The van der Waals surface area contributed by atoms with Gasteiger partial charge in [0, 0.05) is 18.3 Å². The van der Waals surface area contributed by atoms with Gasteiger partial charge in [-0.3, -0.25) is 10.1 Å². The first-order valence-electron chi connectivity index (χ1n) is 5.01. The van der Waals surface area contributed by atoms with Crippen LogP contribution in [0, 0.1) is 12.3 Å². The summed E-state index contributed by atoms with van der Waals surface area (Å²) in [6, 6.07) is 1.89. The van der Waals surface area contributed by atoms with Crippen LogP contribution in [0.4, 0.5) is 5.69 Å². The molecule has 0 radical (unpaired) electrons. The first-order chi connectivity index (χ1) is 7.44. The number of thiophene rings is 1. The number of rotatable bonds is 4. The van der Waals surface area contributed by atoms with Crippen LogP contribution < -0.4 is 10.6 Å². The number of amides is 1. The number of carbonyl (C=O) groups excluding carboxylic acids is 1. The van der Waals surface area contributed by atoms with Crippen LogP contribution in [0.25, 0.3) is 0 Å². The minimum Gasteiger partial charge on any atom is -0.325 e. The SMILES string of the molecule is C#CC(C)(C)NCc1sccc1NC(C)=O. The Morgan fingerprint density at radius 1 is 1.62 bits per heavy atom. The largest absolute Gasteiger partial charge is 0.325 e. The zero-order valence-corrected chi connectivity index (χ0v) is 10.6. The molecule has 16 heavy (non-hydrogen) atoms. The minimum absolute atomic E-state index is 0.0594. The van der Waals surface area contributed by atoms with Crippen LogP contribution in [0.5, 0.6) is 0 Å². The Morgan fingerprint density at radius 3 is 2.88 bits per heavy atom. The topological polar surface area (TPSA) is 41.1 Å². The maximum Gasteiger partial charge on any atom is 0.221 e. The maximum absolute atomic E-state index is 11.0. The van der Waals surface area contributed by atoms with E-state index in [-0.39, 0.29) is 11.4 Å². The van der Waals surface area contributed by atoms with E-state index in [1.807, 2.05) is 25.3 Å². The van der Waals surface area contributed by atoms with E-state index in [1.165, 1.54) is 6.92 Å². The lowest BCUT2D eigenvalue weighted by Crippen LogP contribution is -2.36. The second kappa shape index (κ2) is 5.15. The molecule has 0 aromatic carbocycles. The van der Waals surface area contributed by atoms with Crippen LogP contribution in [-0.4, -0.2) is 11.4 Å². The molecule has 0 fully saturated rings. The zero-order valence-electron chi connectivity index (χ0n) is 9.76. The monoisotopic (exact) mass is 236 g/mol. The molecule has 3 nitrogen and oxygen atoms in total. The molecule has 4 heteroatoms. The summed E-state index contributed by atoms with van der Waals surface area (Å²) in [7, 11) is 0. The van der Waals surface area contributed by atoms with Crippen molar-refractivity contribution in [2.45, 2.75) is 32.9 Å². The third-order valence-corrected chi connectivity index (χ3v) is 3.03. The normalized spacial score (nSPS) is 10.9. The van der Waals surface area contributed by atoms with Gasteiger partial charge in [-0.2, -0.15) is 0 Å². The van der Waals surface area contributed by atoms with E-state index < -0.39 is 0 Å². The van der Waals surface area contributed by atoms with Gasteiger partial charge in [0.1, 0.15) is 0 Å². The van der Waals surface area contributed by atoms with Crippen molar-refractivity contribution in [3.05, 3.63) is 16.3 Å². The second-order valence-corrected chi connectivity index (χ2v) is 5.06. The van der Waals surface area contributed by atoms with Gasteiger partial charge in [-0.1, -0.05) is 5.92 Å². The predicted octanol–water partition coefficient (Wildman–Crippen LogP) is 2.21. The molecular formula is C12H16N2OS. The highest BCUT2D eigenvalue weighted by Crippen LogP contribution is 2.22. The molecule has 0 aliphatic carbocycles. The molecule has 1 heterocycles. The second-order valence-electron chi connectivity index (χ2n) is 4.06. The van der Waals surface area contributed by atoms with E-state index in [0.717, 1.165) is 10.6 Å². The Balaban J connectivity index is 2.65. The quantitative estimate of drug-likeness (QED) is 0.787. The Labute approximate surface area is 100 Å². The van der Waals surface area contributed by atoms with Gasteiger partial charge in [0.25, 0.3) is 0 Å². The molecule has 0 saturated carbocycles. The number of hydrogen-bond acceptors (Lipinski definition) is 3. The standard InChI is InChI=1S/C12H16N2OS/c1-5-12(3,4)13-8-11-10(6-7-16-11)14-9(2)15/h1,6-7,13H,8H2,2-4H3,(H,14,15). The molecule has 0 unspecified atom stereocenters. The van der Waals surface area contributed by atoms with Crippen LogP contribution in [0.3, 0.4) is 0 Å². The summed E-state index contributed by atoms with van der Waals surface area (Å²) in [6.45, 7) is 6.04. The summed E-state index contributed by atoms with van der Waals surface area (Å²) in [6.07, 6.45) is 5.39. The highest BCUT2D eigenvalue weighted by atomic mass is 32.1. The number of carbonyl (C=O) groups is 1. The van der Waals surface area contributed by atoms with Crippen LogP contribution in [0.2, 0.25) is 0 Å². The predicted molar refractivity (Wildman–Crippen MR) is 68.4 cm³/mol. The summed E-state index contributed by atoms with van der Waals surface area (Å²) in [4.78, 5) is 12.0.